The average Bonchev–Trinajstić information content (AvgIpc) is 2.64. The van der Waals surface area contributed by atoms with Crippen LogP contribution < -0.4 is 10.0 Å². The molecule has 0 bridgehead atoms. The molecule has 29 heavy (non-hydrogen) atoms. The Balaban J connectivity index is 2.46. The summed E-state index contributed by atoms with van der Waals surface area (Å²) in [5.41, 5.74) is 0.969. The number of nitrogens with zero attached hydrogens (tertiary/aromatic N) is 1. The van der Waals surface area contributed by atoms with E-state index < -0.39 is 10.0 Å². The predicted molar refractivity (Wildman–Crippen MR) is 112 cm³/mol. The van der Waals surface area contributed by atoms with Gasteiger partial charge in [0.15, 0.2) is 0 Å². The second-order valence-corrected chi connectivity index (χ2v) is 9.64. The van der Waals surface area contributed by atoms with Crippen LogP contribution in [0.5, 0.6) is 0 Å². The molecule has 0 spiro atoms. The van der Waals surface area contributed by atoms with Gasteiger partial charge in [-0.2, -0.15) is 0 Å². The Morgan fingerprint density at radius 1 is 1.10 bits per heavy atom. The number of sulfonamides is 1. The number of benzene rings is 1. The highest BCUT2D eigenvalue weighted by molar-refractivity contribution is 7.89. The molecule has 164 valence electrons. The van der Waals surface area contributed by atoms with E-state index in [0.29, 0.717) is 19.6 Å². The minimum atomic E-state index is -3.70. The van der Waals surface area contributed by atoms with Crippen LogP contribution >= 0.6 is 0 Å². The third-order valence-electron chi connectivity index (χ3n) is 4.32. The zero-order valence-corrected chi connectivity index (χ0v) is 18.8. The van der Waals surface area contributed by atoms with Crippen LogP contribution in [0.15, 0.2) is 29.2 Å². The number of carbonyl (C=O) groups excluding carboxylic acids is 2. The van der Waals surface area contributed by atoms with E-state index in [2.05, 4.69) is 30.8 Å². The monoisotopic (exact) mass is 427 g/mol. The Morgan fingerprint density at radius 3 is 2.28 bits per heavy atom. The summed E-state index contributed by atoms with van der Waals surface area (Å²) in [6.07, 6.45) is 0.658. The van der Waals surface area contributed by atoms with Gasteiger partial charge in [-0.05, 0) is 29.5 Å². The van der Waals surface area contributed by atoms with E-state index in [4.69, 9.17) is 4.74 Å². The third-order valence-corrected chi connectivity index (χ3v) is 5.79. The Labute approximate surface area is 174 Å². The fraction of sp³-hybridized carbons (Fsp3) is 0.600. The third kappa shape index (κ3) is 8.93. The van der Waals surface area contributed by atoms with Crippen LogP contribution in [0.4, 0.5) is 0 Å². The second-order valence-electron chi connectivity index (χ2n) is 7.87. The largest absolute Gasteiger partial charge is 0.385 e. The van der Waals surface area contributed by atoms with Crippen LogP contribution in [0, 0.1) is 0 Å². The number of rotatable bonds is 11. The van der Waals surface area contributed by atoms with Gasteiger partial charge < -0.3 is 15.0 Å². The molecule has 1 rings (SSSR count). The summed E-state index contributed by atoms with van der Waals surface area (Å²) in [6, 6.07) is 6.70. The number of amides is 2. The summed E-state index contributed by atoms with van der Waals surface area (Å²) in [6.45, 7) is 7.07. The molecule has 0 fully saturated rings. The minimum absolute atomic E-state index is 0.0350. The number of ether oxygens (including phenoxy) is 1. The van der Waals surface area contributed by atoms with Crippen molar-refractivity contribution in [3.8, 4) is 0 Å². The maximum absolute atomic E-state index is 12.4. The molecule has 1 aromatic rings. The Hall–Kier alpha value is -1.97. The fourth-order valence-electron chi connectivity index (χ4n) is 2.50. The number of likely N-dealkylation sites (N-methyl/N-ethyl adjacent to an activating group) is 1. The van der Waals surface area contributed by atoms with E-state index in [1.165, 1.54) is 11.9 Å². The predicted octanol–water partition coefficient (Wildman–Crippen LogP) is 1.26. The maximum atomic E-state index is 12.4. The van der Waals surface area contributed by atoms with Crippen molar-refractivity contribution in [1.29, 1.82) is 0 Å². The first-order chi connectivity index (χ1) is 13.5. The van der Waals surface area contributed by atoms with Gasteiger partial charge in [0.2, 0.25) is 21.8 Å². The van der Waals surface area contributed by atoms with Crippen LogP contribution in [-0.2, 0) is 29.8 Å². The standard InChI is InChI=1S/C20H33N3O5S/c1-20(2,3)16-7-9-17(10-8-16)29(26,27)22-13-11-19(25)23(4)15-18(24)21-12-6-14-28-5/h7-10,22H,6,11-15H2,1-5H3,(H,21,24). The number of hydrogen-bond donors (Lipinski definition) is 2. The van der Waals surface area contributed by atoms with Crippen LogP contribution in [0.1, 0.15) is 39.2 Å². The van der Waals surface area contributed by atoms with Gasteiger partial charge in [0.1, 0.15) is 0 Å². The lowest BCUT2D eigenvalue weighted by Gasteiger charge is -2.19. The highest BCUT2D eigenvalue weighted by atomic mass is 32.2. The molecular formula is C20H33N3O5S. The number of hydrogen-bond acceptors (Lipinski definition) is 5. The maximum Gasteiger partial charge on any atom is 0.240 e. The van der Waals surface area contributed by atoms with Gasteiger partial charge in [0, 0.05) is 40.3 Å². The van der Waals surface area contributed by atoms with Gasteiger partial charge in [-0.15, -0.1) is 0 Å². The van der Waals surface area contributed by atoms with E-state index in [9.17, 15) is 18.0 Å². The summed E-state index contributed by atoms with van der Waals surface area (Å²) in [7, 11) is -0.599. The second kappa shape index (κ2) is 11.3. The highest BCUT2D eigenvalue weighted by Crippen LogP contribution is 2.23. The fourth-order valence-corrected chi connectivity index (χ4v) is 3.54. The zero-order valence-electron chi connectivity index (χ0n) is 17.9. The number of carbonyl (C=O) groups is 2. The van der Waals surface area contributed by atoms with Crippen molar-refractivity contribution in [2.45, 2.75) is 43.9 Å². The Morgan fingerprint density at radius 2 is 1.72 bits per heavy atom. The number of nitrogens with one attached hydrogen (secondary N) is 2. The average molecular weight is 428 g/mol. The van der Waals surface area contributed by atoms with Crippen LogP contribution in [0.25, 0.3) is 0 Å². The van der Waals surface area contributed by atoms with Gasteiger partial charge >= 0.3 is 0 Å². The molecule has 1 aromatic carbocycles. The van der Waals surface area contributed by atoms with Crippen molar-refractivity contribution in [3.63, 3.8) is 0 Å². The van der Waals surface area contributed by atoms with Crippen molar-refractivity contribution in [1.82, 2.24) is 14.9 Å². The molecule has 2 amide bonds. The van der Waals surface area contributed by atoms with E-state index >= 15 is 0 Å². The van der Waals surface area contributed by atoms with Crippen molar-refractivity contribution in [2.24, 2.45) is 0 Å². The summed E-state index contributed by atoms with van der Waals surface area (Å²) in [4.78, 5) is 25.3. The summed E-state index contributed by atoms with van der Waals surface area (Å²) < 4.78 is 32.1. The van der Waals surface area contributed by atoms with Crippen molar-refractivity contribution in [2.75, 3.05) is 40.4 Å². The van der Waals surface area contributed by atoms with E-state index in [1.807, 2.05) is 0 Å². The molecule has 0 aliphatic carbocycles. The van der Waals surface area contributed by atoms with E-state index in [1.54, 1.807) is 31.4 Å². The van der Waals surface area contributed by atoms with Gasteiger partial charge in [-0.25, -0.2) is 13.1 Å². The molecule has 0 aliphatic rings. The first-order valence-electron chi connectivity index (χ1n) is 9.57. The number of methoxy groups -OCH3 is 1. The van der Waals surface area contributed by atoms with Crippen LogP contribution in [0.3, 0.4) is 0 Å². The summed E-state index contributed by atoms with van der Waals surface area (Å²) in [5.74, 6) is -0.584. The van der Waals surface area contributed by atoms with Gasteiger partial charge in [-0.3, -0.25) is 9.59 Å². The topological polar surface area (TPSA) is 105 Å². The molecule has 8 nitrogen and oxygen atoms in total. The molecule has 0 aliphatic heterocycles. The quantitative estimate of drug-likeness (QED) is 0.518. The lowest BCUT2D eigenvalue weighted by molar-refractivity contribution is -0.134. The zero-order chi connectivity index (χ0) is 22.1. The van der Waals surface area contributed by atoms with Crippen molar-refractivity contribution < 1.29 is 22.7 Å². The SMILES string of the molecule is COCCCNC(=O)CN(C)C(=O)CCNS(=O)(=O)c1ccc(C(C)(C)C)cc1. The molecule has 0 aromatic heterocycles. The van der Waals surface area contributed by atoms with Gasteiger partial charge in [0.05, 0.1) is 11.4 Å². The molecule has 0 saturated carbocycles. The molecule has 2 N–H and O–H groups in total. The molecule has 0 atom stereocenters. The van der Waals surface area contributed by atoms with Crippen LogP contribution in [0.2, 0.25) is 0 Å². The smallest absolute Gasteiger partial charge is 0.240 e. The first-order valence-corrected chi connectivity index (χ1v) is 11.1. The molecule has 0 unspecified atom stereocenters. The Kier molecular flexibility index (Phi) is 9.75. The lowest BCUT2D eigenvalue weighted by atomic mass is 9.87. The van der Waals surface area contributed by atoms with E-state index in [0.717, 1.165) is 5.56 Å². The Bertz CT molecular complexity index is 770. The van der Waals surface area contributed by atoms with E-state index in [-0.39, 0.29) is 41.6 Å². The molecule has 0 radical (unpaired) electrons. The minimum Gasteiger partial charge on any atom is -0.385 e. The van der Waals surface area contributed by atoms with Crippen molar-refractivity contribution in [3.05, 3.63) is 29.8 Å². The van der Waals surface area contributed by atoms with Gasteiger partial charge in [0.25, 0.3) is 0 Å². The lowest BCUT2D eigenvalue weighted by Crippen LogP contribution is -2.40. The normalized spacial score (nSPS) is 11.9. The summed E-state index contributed by atoms with van der Waals surface area (Å²) in [5, 5.41) is 2.70. The summed E-state index contributed by atoms with van der Waals surface area (Å²) >= 11 is 0. The van der Waals surface area contributed by atoms with Crippen molar-refractivity contribution >= 4 is 21.8 Å². The molecule has 0 saturated heterocycles. The molecule has 9 heteroatoms. The van der Waals surface area contributed by atoms with Gasteiger partial charge in [-0.1, -0.05) is 32.9 Å². The van der Waals surface area contributed by atoms with Crippen LogP contribution in [-0.4, -0.2) is 65.5 Å². The molecule has 0 heterocycles. The molecular weight excluding hydrogens is 394 g/mol. The first kappa shape index (κ1) is 25.1. The highest BCUT2D eigenvalue weighted by Gasteiger charge is 2.18.